The zero-order chi connectivity index (χ0) is 12.3. The van der Waals surface area contributed by atoms with Crippen molar-refractivity contribution in [1.82, 2.24) is 10.3 Å². The molecule has 0 aliphatic heterocycles. The number of nitrogens with one attached hydrogen (secondary N) is 1. The van der Waals surface area contributed by atoms with Crippen molar-refractivity contribution in [3.8, 4) is 10.6 Å². The normalized spacial score (nSPS) is 10.8. The monoisotopic (exact) mass is 250 g/mol. The minimum absolute atomic E-state index is 0.208. The molecule has 0 saturated carbocycles. The van der Waals surface area contributed by atoms with Crippen molar-refractivity contribution in [2.45, 2.75) is 20.4 Å². The highest BCUT2D eigenvalue weighted by molar-refractivity contribution is 7.15. The summed E-state index contributed by atoms with van der Waals surface area (Å²) in [6.07, 6.45) is 1.81. The molecule has 2 rings (SSSR count). The third-order valence-corrected chi connectivity index (χ3v) is 3.49. The molecule has 90 valence electrons. The minimum Gasteiger partial charge on any atom is -0.312 e. The van der Waals surface area contributed by atoms with Crippen molar-refractivity contribution in [3.05, 3.63) is 40.7 Å². The maximum atomic E-state index is 13.7. The SMILES string of the molecule is CCNCc1cnc(-c2cc(C)ccc2F)s1. The van der Waals surface area contributed by atoms with Crippen LogP contribution in [0.25, 0.3) is 10.6 Å². The first-order valence-corrected chi connectivity index (χ1v) is 6.44. The molecule has 0 spiro atoms. The molecule has 0 bridgehead atoms. The summed E-state index contributed by atoms with van der Waals surface area (Å²) in [4.78, 5) is 5.41. The van der Waals surface area contributed by atoms with Crippen LogP contribution >= 0.6 is 11.3 Å². The molecule has 1 aromatic heterocycles. The summed E-state index contributed by atoms with van der Waals surface area (Å²) in [5.41, 5.74) is 1.64. The van der Waals surface area contributed by atoms with Gasteiger partial charge in [-0.15, -0.1) is 11.3 Å². The topological polar surface area (TPSA) is 24.9 Å². The van der Waals surface area contributed by atoms with Gasteiger partial charge < -0.3 is 5.32 Å². The third kappa shape index (κ3) is 2.90. The van der Waals surface area contributed by atoms with Gasteiger partial charge in [-0.05, 0) is 25.6 Å². The van der Waals surface area contributed by atoms with E-state index < -0.39 is 0 Å². The highest BCUT2D eigenvalue weighted by atomic mass is 32.1. The Kier molecular flexibility index (Phi) is 3.86. The fourth-order valence-electron chi connectivity index (χ4n) is 1.56. The molecule has 0 saturated heterocycles. The highest BCUT2D eigenvalue weighted by Gasteiger charge is 2.09. The standard InChI is InChI=1S/C13H15FN2S/c1-3-15-7-10-8-16-13(17-10)11-6-9(2)4-5-12(11)14/h4-6,8,15H,3,7H2,1-2H3. The molecule has 0 fully saturated rings. The van der Waals surface area contributed by atoms with Gasteiger partial charge in [0, 0.05) is 23.2 Å². The Balaban J connectivity index is 2.27. The van der Waals surface area contributed by atoms with Gasteiger partial charge in [-0.2, -0.15) is 0 Å². The maximum absolute atomic E-state index is 13.7. The van der Waals surface area contributed by atoms with Crippen LogP contribution in [0.1, 0.15) is 17.4 Å². The molecule has 2 aromatic rings. The zero-order valence-corrected chi connectivity index (χ0v) is 10.8. The van der Waals surface area contributed by atoms with Gasteiger partial charge in [-0.3, -0.25) is 0 Å². The van der Waals surface area contributed by atoms with Gasteiger partial charge in [0.25, 0.3) is 0 Å². The quantitative estimate of drug-likeness (QED) is 0.900. The van der Waals surface area contributed by atoms with E-state index >= 15 is 0 Å². The van der Waals surface area contributed by atoms with Crippen molar-refractivity contribution in [2.24, 2.45) is 0 Å². The summed E-state index contributed by atoms with van der Waals surface area (Å²) in [6.45, 7) is 5.73. The van der Waals surface area contributed by atoms with Crippen LogP contribution in [0.3, 0.4) is 0 Å². The summed E-state index contributed by atoms with van der Waals surface area (Å²) >= 11 is 1.54. The predicted molar refractivity (Wildman–Crippen MR) is 69.6 cm³/mol. The van der Waals surface area contributed by atoms with E-state index in [0.29, 0.717) is 5.56 Å². The molecule has 0 aliphatic rings. The lowest BCUT2D eigenvalue weighted by Crippen LogP contribution is -2.10. The van der Waals surface area contributed by atoms with E-state index in [2.05, 4.69) is 17.2 Å². The number of aryl methyl sites for hydroxylation is 1. The van der Waals surface area contributed by atoms with E-state index in [4.69, 9.17) is 0 Å². The molecule has 0 aliphatic carbocycles. The van der Waals surface area contributed by atoms with Gasteiger partial charge in [0.2, 0.25) is 0 Å². The summed E-state index contributed by atoms with van der Waals surface area (Å²) < 4.78 is 13.7. The third-order valence-electron chi connectivity index (χ3n) is 2.46. The molecular weight excluding hydrogens is 235 g/mol. The second-order valence-corrected chi connectivity index (χ2v) is 5.01. The number of hydrogen-bond acceptors (Lipinski definition) is 3. The average Bonchev–Trinajstić information content (AvgIpc) is 2.78. The van der Waals surface area contributed by atoms with Crippen LogP contribution < -0.4 is 5.32 Å². The molecule has 1 N–H and O–H groups in total. The summed E-state index contributed by atoms with van der Waals surface area (Å²) in [6, 6.07) is 5.10. The number of nitrogens with zero attached hydrogens (tertiary/aromatic N) is 1. The van der Waals surface area contributed by atoms with E-state index in [0.717, 1.165) is 28.5 Å². The Bertz CT molecular complexity index is 508. The van der Waals surface area contributed by atoms with Gasteiger partial charge >= 0.3 is 0 Å². The molecule has 0 amide bonds. The number of rotatable bonds is 4. The Morgan fingerprint density at radius 1 is 1.41 bits per heavy atom. The Hall–Kier alpha value is -1.26. The summed E-state index contributed by atoms with van der Waals surface area (Å²) in [5.74, 6) is -0.208. The van der Waals surface area contributed by atoms with Gasteiger partial charge in [-0.25, -0.2) is 9.37 Å². The van der Waals surface area contributed by atoms with Crippen LogP contribution in [0, 0.1) is 12.7 Å². The van der Waals surface area contributed by atoms with E-state index in [1.54, 1.807) is 6.07 Å². The van der Waals surface area contributed by atoms with Crippen molar-refractivity contribution in [3.63, 3.8) is 0 Å². The molecular formula is C13H15FN2S. The van der Waals surface area contributed by atoms with Crippen LogP contribution in [-0.2, 0) is 6.54 Å². The van der Waals surface area contributed by atoms with E-state index in [9.17, 15) is 4.39 Å². The molecule has 0 radical (unpaired) electrons. The van der Waals surface area contributed by atoms with Gasteiger partial charge in [0.05, 0.1) is 0 Å². The number of thiazole rings is 1. The Morgan fingerprint density at radius 3 is 3.00 bits per heavy atom. The lowest BCUT2D eigenvalue weighted by Gasteiger charge is -2.00. The highest BCUT2D eigenvalue weighted by Crippen LogP contribution is 2.28. The van der Waals surface area contributed by atoms with Crippen molar-refractivity contribution in [1.29, 1.82) is 0 Å². The molecule has 4 heteroatoms. The molecule has 17 heavy (non-hydrogen) atoms. The Morgan fingerprint density at radius 2 is 2.24 bits per heavy atom. The summed E-state index contributed by atoms with van der Waals surface area (Å²) in [7, 11) is 0. The summed E-state index contributed by atoms with van der Waals surface area (Å²) in [5, 5.41) is 3.98. The van der Waals surface area contributed by atoms with E-state index in [1.165, 1.54) is 17.4 Å². The number of halogens is 1. The minimum atomic E-state index is -0.208. The van der Waals surface area contributed by atoms with E-state index in [-0.39, 0.29) is 5.82 Å². The van der Waals surface area contributed by atoms with Gasteiger partial charge in [0.15, 0.2) is 0 Å². The zero-order valence-electron chi connectivity index (χ0n) is 9.96. The van der Waals surface area contributed by atoms with Crippen molar-refractivity contribution < 1.29 is 4.39 Å². The van der Waals surface area contributed by atoms with Crippen molar-refractivity contribution >= 4 is 11.3 Å². The molecule has 1 heterocycles. The van der Waals surface area contributed by atoms with Crippen molar-refractivity contribution in [2.75, 3.05) is 6.54 Å². The fraction of sp³-hybridized carbons (Fsp3) is 0.308. The van der Waals surface area contributed by atoms with Crippen LogP contribution in [0.4, 0.5) is 4.39 Å². The van der Waals surface area contributed by atoms with Gasteiger partial charge in [0.1, 0.15) is 10.8 Å². The lowest BCUT2D eigenvalue weighted by molar-refractivity contribution is 0.631. The number of benzene rings is 1. The van der Waals surface area contributed by atoms with Crippen LogP contribution in [0.2, 0.25) is 0 Å². The maximum Gasteiger partial charge on any atom is 0.133 e. The van der Waals surface area contributed by atoms with Gasteiger partial charge in [-0.1, -0.05) is 18.6 Å². The number of aromatic nitrogens is 1. The molecule has 2 nitrogen and oxygen atoms in total. The van der Waals surface area contributed by atoms with Crippen LogP contribution in [-0.4, -0.2) is 11.5 Å². The second kappa shape index (κ2) is 5.38. The smallest absolute Gasteiger partial charge is 0.133 e. The van der Waals surface area contributed by atoms with E-state index in [1.807, 2.05) is 19.2 Å². The van der Waals surface area contributed by atoms with Crippen LogP contribution in [0.5, 0.6) is 0 Å². The first-order valence-electron chi connectivity index (χ1n) is 5.62. The average molecular weight is 250 g/mol. The molecule has 0 atom stereocenters. The number of hydrogen-bond donors (Lipinski definition) is 1. The first-order chi connectivity index (χ1) is 8.20. The largest absolute Gasteiger partial charge is 0.312 e. The lowest BCUT2D eigenvalue weighted by atomic mass is 10.1. The fourth-order valence-corrected chi connectivity index (χ4v) is 2.46. The Labute approximate surface area is 105 Å². The molecule has 1 aromatic carbocycles. The predicted octanol–water partition coefficient (Wildman–Crippen LogP) is 3.37. The second-order valence-electron chi connectivity index (χ2n) is 3.90. The molecule has 0 unspecified atom stereocenters. The van der Waals surface area contributed by atoms with Crippen LogP contribution in [0.15, 0.2) is 24.4 Å². The first kappa shape index (κ1) is 12.2.